The molecule has 0 fully saturated rings. The SMILES string of the molecule is CNCc1ccc(Oc2cc(Br)ccc2F)nn1. The molecule has 0 unspecified atom stereocenters. The Hall–Kier alpha value is -1.53. The smallest absolute Gasteiger partial charge is 0.239 e. The number of nitrogens with one attached hydrogen (secondary N) is 1. The van der Waals surface area contributed by atoms with E-state index in [1.54, 1.807) is 24.3 Å². The first-order chi connectivity index (χ1) is 8.69. The molecule has 0 aliphatic rings. The number of hydrogen-bond donors (Lipinski definition) is 1. The number of nitrogens with zero attached hydrogens (tertiary/aromatic N) is 2. The van der Waals surface area contributed by atoms with Crippen LogP contribution in [0.5, 0.6) is 11.6 Å². The first kappa shape index (κ1) is 12.9. The third kappa shape index (κ3) is 3.24. The molecular weight excluding hydrogens is 301 g/mol. The summed E-state index contributed by atoms with van der Waals surface area (Å²) >= 11 is 3.25. The van der Waals surface area contributed by atoms with Crippen molar-refractivity contribution in [1.82, 2.24) is 15.5 Å². The molecular formula is C12H11BrFN3O. The lowest BCUT2D eigenvalue weighted by Crippen LogP contribution is -2.07. The van der Waals surface area contributed by atoms with Gasteiger partial charge in [0.15, 0.2) is 11.6 Å². The van der Waals surface area contributed by atoms with Crippen LogP contribution in [0.4, 0.5) is 4.39 Å². The van der Waals surface area contributed by atoms with Crippen molar-refractivity contribution in [3.8, 4) is 11.6 Å². The molecule has 0 saturated carbocycles. The van der Waals surface area contributed by atoms with Crippen LogP contribution in [0.1, 0.15) is 5.69 Å². The quantitative estimate of drug-likeness (QED) is 0.943. The lowest BCUT2D eigenvalue weighted by Gasteiger charge is -2.06. The lowest BCUT2D eigenvalue weighted by atomic mass is 10.3. The fourth-order valence-corrected chi connectivity index (χ4v) is 1.69. The van der Waals surface area contributed by atoms with Crippen molar-refractivity contribution in [3.05, 3.63) is 46.3 Å². The van der Waals surface area contributed by atoms with Gasteiger partial charge in [-0.3, -0.25) is 0 Å². The lowest BCUT2D eigenvalue weighted by molar-refractivity contribution is 0.420. The average Bonchev–Trinajstić information content (AvgIpc) is 2.37. The van der Waals surface area contributed by atoms with Crippen LogP contribution in [0.25, 0.3) is 0 Å². The molecule has 1 heterocycles. The molecule has 2 aromatic rings. The number of hydrogen-bond acceptors (Lipinski definition) is 4. The second-order valence-corrected chi connectivity index (χ2v) is 4.49. The molecule has 18 heavy (non-hydrogen) atoms. The highest BCUT2D eigenvalue weighted by atomic mass is 79.9. The summed E-state index contributed by atoms with van der Waals surface area (Å²) in [6, 6.07) is 7.89. The Morgan fingerprint density at radius 1 is 1.28 bits per heavy atom. The van der Waals surface area contributed by atoms with Gasteiger partial charge in [-0.25, -0.2) is 4.39 Å². The van der Waals surface area contributed by atoms with E-state index in [4.69, 9.17) is 4.74 Å². The highest BCUT2D eigenvalue weighted by Crippen LogP contribution is 2.26. The van der Waals surface area contributed by atoms with Crippen molar-refractivity contribution in [2.45, 2.75) is 6.54 Å². The summed E-state index contributed by atoms with van der Waals surface area (Å²) in [5.74, 6) is -0.0776. The van der Waals surface area contributed by atoms with Gasteiger partial charge >= 0.3 is 0 Å². The van der Waals surface area contributed by atoms with Gasteiger partial charge in [0.05, 0.1) is 5.69 Å². The van der Waals surface area contributed by atoms with Crippen LogP contribution in [-0.4, -0.2) is 17.2 Å². The second kappa shape index (κ2) is 5.88. The highest BCUT2D eigenvalue weighted by Gasteiger charge is 2.06. The fourth-order valence-electron chi connectivity index (χ4n) is 1.35. The molecule has 6 heteroatoms. The van der Waals surface area contributed by atoms with Gasteiger partial charge in [-0.1, -0.05) is 15.9 Å². The van der Waals surface area contributed by atoms with E-state index in [0.717, 1.165) is 10.2 Å². The zero-order valence-electron chi connectivity index (χ0n) is 9.65. The molecule has 4 nitrogen and oxygen atoms in total. The number of rotatable bonds is 4. The van der Waals surface area contributed by atoms with Crippen LogP contribution in [0.2, 0.25) is 0 Å². The van der Waals surface area contributed by atoms with E-state index in [1.165, 1.54) is 6.07 Å². The second-order valence-electron chi connectivity index (χ2n) is 3.57. The summed E-state index contributed by atoms with van der Waals surface area (Å²) in [5.41, 5.74) is 0.791. The van der Waals surface area contributed by atoms with E-state index in [0.29, 0.717) is 6.54 Å². The van der Waals surface area contributed by atoms with E-state index in [1.807, 2.05) is 7.05 Å². The first-order valence-electron chi connectivity index (χ1n) is 5.29. The van der Waals surface area contributed by atoms with Gasteiger partial charge in [0.1, 0.15) is 0 Å². The molecule has 0 saturated heterocycles. The molecule has 0 spiro atoms. The molecule has 1 N–H and O–H groups in total. The van der Waals surface area contributed by atoms with Crippen LogP contribution in [0.15, 0.2) is 34.8 Å². The van der Waals surface area contributed by atoms with Crippen molar-refractivity contribution in [1.29, 1.82) is 0 Å². The predicted molar refractivity (Wildman–Crippen MR) is 69.0 cm³/mol. The Balaban J connectivity index is 2.15. The summed E-state index contributed by atoms with van der Waals surface area (Å²) in [7, 11) is 1.82. The minimum atomic E-state index is -0.445. The Morgan fingerprint density at radius 3 is 2.78 bits per heavy atom. The maximum Gasteiger partial charge on any atom is 0.239 e. The molecule has 0 radical (unpaired) electrons. The number of halogens is 2. The van der Waals surface area contributed by atoms with Crippen molar-refractivity contribution in [2.75, 3.05) is 7.05 Å². The third-order valence-corrected chi connectivity index (χ3v) is 2.65. The van der Waals surface area contributed by atoms with Crippen molar-refractivity contribution >= 4 is 15.9 Å². The molecule has 1 aromatic heterocycles. The number of aromatic nitrogens is 2. The van der Waals surface area contributed by atoms with Crippen molar-refractivity contribution in [3.63, 3.8) is 0 Å². The molecule has 0 atom stereocenters. The van der Waals surface area contributed by atoms with Gasteiger partial charge in [0.2, 0.25) is 5.88 Å². The van der Waals surface area contributed by atoms with Crippen LogP contribution in [0, 0.1) is 5.82 Å². The largest absolute Gasteiger partial charge is 0.434 e. The standard InChI is InChI=1S/C12H11BrFN3O/c1-15-7-9-3-5-12(17-16-9)18-11-6-8(13)2-4-10(11)14/h2-6,15H,7H2,1H3. The molecule has 0 bridgehead atoms. The third-order valence-electron chi connectivity index (χ3n) is 2.16. The molecule has 0 amide bonds. The van der Waals surface area contributed by atoms with E-state index in [9.17, 15) is 4.39 Å². The van der Waals surface area contributed by atoms with Gasteiger partial charge in [0.25, 0.3) is 0 Å². The van der Waals surface area contributed by atoms with Crippen LogP contribution in [0.3, 0.4) is 0 Å². The zero-order chi connectivity index (χ0) is 13.0. The van der Waals surface area contributed by atoms with Gasteiger partial charge in [-0.2, -0.15) is 5.10 Å². The van der Waals surface area contributed by atoms with E-state index >= 15 is 0 Å². The number of benzene rings is 1. The van der Waals surface area contributed by atoms with Crippen LogP contribution < -0.4 is 10.1 Å². The molecule has 0 aliphatic heterocycles. The number of ether oxygens (including phenoxy) is 1. The normalized spacial score (nSPS) is 10.4. The molecule has 94 valence electrons. The molecule has 2 rings (SSSR count). The summed E-state index contributed by atoms with van der Waals surface area (Å²) in [6.45, 7) is 0.624. The highest BCUT2D eigenvalue weighted by molar-refractivity contribution is 9.10. The van der Waals surface area contributed by atoms with Crippen LogP contribution >= 0.6 is 15.9 Å². The summed E-state index contributed by atoms with van der Waals surface area (Å²) in [5, 5.41) is 10.8. The molecule has 1 aromatic carbocycles. The monoisotopic (exact) mass is 311 g/mol. The van der Waals surface area contributed by atoms with Crippen molar-refractivity contribution in [2.24, 2.45) is 0 Å². The van der Waals surface area contributed by atoms with Crippen molar-refractivity contribution < 1.29 is 9.13 Å². The Morgan fingerprint density at radius 2 is 2.11 bits per heavy atom. The zero-order valence-corrected chi connectivity index (χ0v) is 11.2. The fraction of sp³-hybridized carbons (Fsp3) is 0.167. The summed E-state index contributed by atoms with van der Waals surface area (Å²) < 4.78 is 19.5. The maximum atomic E-state index is 13.5. The van der Waals surface area contributed by atoms with Gasteiger partial charge in [0, 0.05) is 17.1 Å². The Kier molecular flexibility index (Phi) is 4.22. The Bertz CT molecular complexity index is 533. The van der Waals surface area contributed by atoms with Crippen LogP contribution in [-0.2, 0) is 6.54 Å². The van der Waals surface area contributed by atoms with Gasteiger partial charge < -0.3 is 10.1 Å². The van der Waals surface area contributed by atoms with E-state index < -0.39 is 5.82 Å². The van der Waals surface area contributed by atoms with Gasteiger partial charge in [-0.05, 0) is 31.3 Å². The maximum absolute atomic E-state index is 13.5. The predicted octanol–water partition coefficient (Wildman–Crippen LogP) is 2.89. The first-order valence-corrected chi connectivity index (χ1v) is 6.08. The minimum Gasteiger partial charge on any atom is -0.434 e. The van der Waals surface area contributed by atoms with E-state index in [-0.39, 0.29) is 11.6 Å². The minimum absolute atomic E-state index is 0.111. The van der Waals surface area contributed by atoms with Gasteiger partial charge in [-0.15, -0.1) is 5.10 Å². The summed E-state index contributed by atoms with van der Waals surface area (Å²) in [6.07, 6.45) is 0. The molecule has 0 aliphatic carbocycles. The Labute approximate surface area is 112 Å². The average molecular weight is 312 g/mol. The topological polar surface area (TPSA) is 47.0 Å². The summed E-state index contributed by atoms with van der Waals surface area (Å²) in [4.78, 5) is 0. The van der Waals surface area contributed by atoms with E-state index in [2.05, 4.69) is 31.4 Å².